The van der Waals surface area contributed by atoms with E-state index in [9.17, 15) is 15.0 Å². The number of halogens is 1. The second kappa shape index (κ2) is 5.11. The summed E-state index contributed by atoms with van der Waals surface area (Å²) in [5.41, 5.74) is 0.180. The molecule has 2 N–H and O–H groups in total. The van der Waals surface area contributed by atoms with Gasteiger partial charge >= 0.3 is 0 Å². The van der Waals surface area contributed by atoms with E-state index >= 15 is 0 Å². The highest BCUT2D eigenvalue weighted by Crippen LogP contribution is 2.41. The third kappa shape index (κ3) is 2.28. The minimum atomic E-state index is -0.472. The fraction of sp³-hybridized carbons (Fsp3) is 0.500. The molecule has 0 atom stereocenters. The number of benzene rings is 1. The SMILES string of the molecule is O=c1c2c(Cl)c(O)c(O)cc2ncn1CC12CCN(CC1)CC2. The zero-order chi connectivity index (χ0) is 16.2. The molecule has 0 amide bonds. The Labute approximate surface area is 137 Å². The number of aromatic nitrogens is 2. The van der Waals surface area contributed by atoms with Crippen molar-refractivity contribution >= 4 is 22.5 Å². The lowest BCUT2D eigenvalue weighted by molar-refractivity contribution is 0.0126. The van der Waals surface area contributed by atoms with E-state index in [1.165, 1.54) is 12.4 Å². The maximum atomic E-state index is 12.8. The van der Waals surface area contributed by atoms with Gasteiger partial charge in [0.05, 0.1) is 17.2 Å². The van der Waals surface area contributed by atoms with E-state index in [0.717, 1.165) is 38.9 Å². The predicted molar refractivity (Wildman–Crippen MR) is 87.1 cm³/mol. The Morgan fingerprint density at radius 3 is 2.52 bits per heavy atom. The van der Waals surface area contributed by atoms with E-state index < -0.39 is 5.75 Å². The number of hydrogen-bond donors (Lipinski definition) is 2. The quantitative estimate of drug-likeness (QED) is 0.820. The molecule has 3 fully saturated rings. The zero-order valence-corrected chi connectivity index (χ0v) is 13.4. The third-order valence-electron chi connectivity index (χ3n) is 5.39. The van der Waals surface area contributed by atoms with Crippen LogP contribution in [-0.4, -0.2) is 44.3 Å². The van der Waals surface area contributed by atoms with Crippen molar-refractivity contribution in [2.24, 2.45) is 5.41 Å². The molecule has 4 heterocycles. The van der Waals surface area contributed by atoms with Crippen LogP contribution >= 0.6 is 11.6 Å². The standard InChI is InChI=1S/C16H18ClN3O3/c17-13-12-10(7-11(21)14(13)22)18-9-20(15(12)23)8-16-1-4-19(5-2-16)6-3-16/h7,9,21-22H,1-6,8H2. The minimum absolute atomic E-state index is 0.136. The van der Waals surface area contributed by atoms with Gasteiger partial charge in [0.2, 0.25) is 0 Å². The van der Waals surface area contributed by atoms with Gasteiger partial charge in [-0.3, -0.25) is 9.36 Å². The Morgan fingerprint density at radius 2 is 1.87 bits per heavy atom. The summed E-state index contributed by atoms with van der Waals surface area (Å²) in [6, 6.07) is 1.26. The Balaban J connectivity index is 1.79. The first kappa shape index (κ1) is 14.8. The first-order valence-electron chi connectivity index (χ1n) is 7.81. The van der Waals surface area contributed by atoms with Gasteiger partial charge < -0.3 is 15.1 Å². The van der Waals surface area contributed by atoms with Crippen molar-refractivity contribution in [1.29, 1.82) is 0 Å². The molecule has 3 saturated heterocycles. The van der Waals surface area contributed by atoms with Gasteiger partial charge in [0, 0.05) is 12.6 Å². The summed E-state index contributed by atoms with van der Waals surface area (Å²) >= 11 is 6.06. The molecule has 5 rings (SSSR count). The van der Waals surface area contributed by atoms with E-state index in [1.54, 1.807) is 4.57 Å². The average molecular weight is 336 g/mol. The van der Waals surface area contributed by atoms with Crippen molar-refractivity contribution in [3.8, 4) is 11.5 Å². The maximum Gasteiger partial charge on any atom is 0.262 e. The van der Waals surface area contributed by atoms with Crippen molar-refractivity contribution in [1.82, 2.24) is 14.5 Å². The van der Waals surface area contributed by atoms with E-state index in [1.807, 2.05) is 0 Å². The number of phenols is 2. The zero-order valence-electron chi connectivity index (χ0n) is 12.6. The van der Waals surface area contributed by atoms with Gasteiger partial charge in [-0.1, -0.05) is 11.6 Å². The van der Waals surface area contributed by atoms with Crippen LogP contribution in [-0.2, 0) is 6.54 Å². The molecule has 6 nitrogen and oxygen atoms in total. The number of phenolic OH excluding ortho intramolecular Hbond substituents is 2. The number of nitrogens with zero attached hydrogens (tertiary/aromatic N) is 3. The number of fused-ring (bicyclic) bond motifs is 4. The van der Waals surface area contributed by atoms with E-state index in [0.29, 0.717) is 12.1 Å². The summed E-state index contributed by atoms with van der Waals surface area (Å²) in [5, 5.41) is 19.4. The molecular weight excluding hydrogens is 318 g/mol. The first-order chi connectivity index (χ1) is 11.0. The molecule has 2 bridgehead atoms. The van der Waals surface area contributed by atoms with Crippen molar-refractivity contribution in [2.75, 3.05) is 19.6 Å². The summed E-state index contributed by atoms with van der Waals surface area (Å²) in [5.74, 6) is -0.842. The number of hydrogen-bond acceptors (Lipinski definition) is 5. The van der Waals surface area contributed by atoms with E-state index in [-0.39, 0.29) is 27.1 Å². The number of aromatic hydroxyl groups is 2. The monoisotopic (exact) mass is 335 g/mol. The smallest absolute Gasteiger partial charge is 0.262 e. The van der Waals surface area contributed by atoms with Gasteiger partial charge in [0.25, 0.3) is 5.56 Å². The molecule has 2 aromatic rings. The second-order valence-corrected chi connectivity index (χ2v) is 7.10. The van der Waals surface area contributed by atoms with Gasteiger partial charge in [0.15, 0.2) is 11.5 Å². The summed E-state index contributed by atoms with van der Waals surface area (Å²) < 4.78 is 1.60. The van der Waals surface area contributed by atoms with Crippen LogP contribution in [0.1, 0.15) is 19.3 Å². The molecule has 3 aliphatic rings. The molecule has 3 aliphatic heterocycles. The molecule has 0 radical (unpaired) electrons. The van der Waals surface area contributed by atoms with Crippen LogP contribution in [0, 0.1) is 5.41 Å². The summed E-state index contributed by atoms with van der Waals surface area (Å²) in [7, 11) is 0. The maximum absolute atomic E-state index is 12.8. The van der Waals surface area contributed by atoms with Crippen LogP contribution in [0.3, 0.4) is 0 Å². The summed E-state index contributed by atoms with van der Waals surface area (Å²) in [4.78, 5) is 19.5. The molecule has 23 heavy (non-hydrogen) atoms. The molecule has 0 saturated carbocycles. The van der Waals surface area contributed by atoms with E-state index in [2.05, 4.69) is 9.88 Å². The lowest BCUT2D eigenvalue weighted by Crippen LogP contribution is -2.50. The third-order valence-corrected chi connectivity index (χ3v) is 5.76. The van der Waals surface area contributed by atoms with Crippen LogP contribution in [0.25, 0.3) is 10.9 Å². The number of rotatable bonds is 2. The predicted octanol–water partition coefficient (Wildman–Crippen LogP) is 1.95. The minimum Gasteiger partial charge on any atom is -0.504 e. The highest BCUT2D eigenvalue weighted by Gasteiger charge is 2.39. The van der Waals surface area contributed by atoms with Crippen molar-refractivity contribution in [2.45, 2.75) is 25.8 Å². The second-order valence-electron chi connectivity index (χ2n) is 6.72. The Hall–Kier alpha value is -1.79. The Kier molecular flexibility index (Phi) is 3.28. The fourth-order valence-electron chi connectivity index (χ4n) is 3.85. The molecule has 122 valence electrons. The van der Waals surface area contributed by atoms with Gasteiger partial charge in [-0.15, -0.1) is 0 Å². The molecule has 7 heteroatoms. The summed E-state index contributed by atoms with van der Waals surface area (Å²) in [6.45, 7) is 3.89. The molecule has 1 aromatic heterocycles. The fourth-order valence-corrected chi connectivity index (χ4v) is 4.13. The van der Waals surface area contributed by atoms with Crippen LogP contribution in [0.4, 0.5) is 0 Å². The lowest BCUT2D eigenvalue weighted by Gasteiger charge is -2.48. The van der Waals surface area contributed by atoms with Gasteiger partial charge in [0.1, 0.15) is 5.02 Å². The molecule has 0 spiro atoms. The van der Waals surface area contributed by atoms with Crippen molar-refractivity contribution < 1.29 is 10.2 Å². The Morgan fingerprint density at radius 1 is 1.22 bits per heavy atom. The topological polar surface area (TPSA) is 78.6 Å². The van der Waals surface area contributed by atoms with Crippen LogP contribution in [0.15, 0.2) is 17.2 Å². The summed E-state index contributed by atoms with van der Waals surface area (Å²) in [6.07, 6.45) is 4.79. The van der Waals surface area contributed by atoms with Crippen LogP contribution < -0.4 is 5.56 Å². The molecule has 0 aliphatic carbocycles. The van der Waals surface area contributed by atoms with Gasteiger partial charge in [-0.2, -0.15) is 0 Å². The first-order valence-corrected chi connectivity index (χ1v) is 8.19. The van der Waals surface area contributed by atoms with Gasteiger partial charge in [-0.25, -0.2) is 4.98 Å². The number of piperidine rings is 3. The lowest BCUT2D eigenvalue weighted by atomic mass is 9.72. The molecule has 0 unspecified atom stereocenters. The highest BCUT2D eigenvalue weighted by molar-refractivity contribution is 6.37. The van der Waals surface area contributed by atoms with Gasteiger partial charge in [-0.05, 0) is 44.3 Å². The van der Waals surface area contributed by atoms with E-state index in [4.69, 9.17) is 11.6 Å². The van der Waals surface area contributed by atoms with Crippen LogP contribution in [0.2, 0.25) is 5.02 Å². The van der Waals surface area contributed by atoms with Crippen molar-refractivity contribution in [3.05, 3.63) is 27.8 Å². The largest absolute Gasteiger partial charge is 0.504 e. The van der Waals surface area contributed by atoms with Crippen molar-refractivity contribution in [3.63, 3.8) is 0 Å². The average Bonchev–Trinajstić information content (AvgIpc) is 2.57. The highest BCUT2D eigenvalue weighted by atomic mass is 35.5. The van der Waals surface area contributed by atoms with Crippen LogP contribution in [0.5, 0.6) is 11.5 Å². The molecule has 1 aromatic carbocycles. The normalized spacial score (nSPS) is 26.7. The molecular formula is C16H18ClN3O3. The Bertz CT molecular complexity index is 827.